The van der Waals surface area contributed by atoms with Crippen LogP contribution in [0.4, 0.5) is 10.8 Å². The quantitative estimate of drug-likeness (QED) is 0.900. The number of amides is 1. The Morgan fingerprint density at radius 2 is 2.05 bits per heavy atom. The largest absolute Gasteiger partial charge is 0.335 e. The van der Waals surface area contributed by atoms with Crippen molar-refractivity contribution in [2.45, 2.75) is 19.9 Å². The zero-order chi connectivity index (χ0) is 14.5. The SMILES string of the molecule is CC(=O)N[C@@H](C#N)c1nnc(Nc2ccc(C)cc2)s1. The number of nitrogens with one attached hydrogen (secondary N) is 2. The van der Waals surface area contributed by atoms with Crippen LogP contribution < -0.4 is 10.6 Å². The molecule has 0 aliphatic rings. The van der Waals surface area contributed by atoms with Gasteiger partial charge in [-0.3, -0.25) is 4.79 Å². The van der Waals surface area contributed by atoms with Crippen LogP contribution in [0.5, 0.6) is 0 Å². The van der Waals surface area contributed by atoms with Crippen LogP contribution in [0.1, 0.15) is 23.5 Å². The summed E-state index contributed by atoms with van der Waals surface area (Å²) in [5, 5.41) is 23.6. The normalized spacial score (nSPS) is 11.4. The van der Waals surface area contributed by atoms with E-state index in [4.69, 9.17) is 5.26 Å². The molecule has 0 bridgehead atoms. The molecule has 1 amide bonds. The number of nitriles is 1. The molecule has 102 valence electrons. The van der Waals surface area contributed by atoms with Gasteiger partial charge in [-0.05, 0) is 19.1 Å². The van der Waals surface area contributed by atoms with E-state index in [-0.39, 0.29) is 5.91 Å². The van der Waals surface area contributed by atoms with Crippen LogP contribution in [0, 0.1) is 18.3 Å². The fourth-order valence-corrected chi connectivity index (χ4v) is 2.27. The molecule has 0 spiro atoms. The zero-order valence-corrected chi connectivity index (χ0v) is 11.9. The summed E-state index contributed by atoms with van der Waals surface area (Å²) in [7, 11) is 0. The third-order valence-electron chi connectivity index (χ3n) is 2.47. The summed E-state index contributed by atoms with van der Waals surface area (Å²) in [4.78, 5) is 11.0. The van der Waals surface area contributed by atoms with Gasteiger partial charge in [-0.25, -0.2) is 0 Å². The Balaban J connectivity index is 2.10. The summed E-state index contributed by atoms with van der Waals surface area (Å²) < 4.78 is 0. The second-order valence-corrected chi connectivity index (χ2v) is 5.21. The molecule has 0 radical (unpaired) electrons. The highest BCUT2D eigenvalue weighted by Crippen LogP contribution is 2.24. The van der Waals surface area contributed by atoms with Gasteiger partial charge < -0.3 is 10.6 Å². The topological polar surface area (TPSA) is 90.7 Å². The lowest BCUT2D eigenvalue weighted by Crippen LogP contribution is -2.24. The highest BCUT2D eigenvalue weighted by molar-refractivity contribution is 7.15. The molecule has 0 aliphatic carbocycles. The lowest BCUT2D eigenvalue weighted by Gasteiger charge is -2.04. The van der Waals surface area contributed by atoms with Gasteiger partial charge in [0.15, 0.2) is 11.0 Å². The van der Waals surface area contributed by atoms with E-state index in [1.165, 1.54) is 23.8 Å². The number of anilines is 2. The van der Waals surface area contributed by atoms with E-state index in [0.717, 1.165) is 5.69 Å². The minimum Gasteiger partial charge on any atom is -0.335 e. The van der Waals surface area contributed by atoms with E-state index in [1.807, 2.05) is 37.3 Å². The van der Waals surface area contributed by atoms with Gasteiger partial charge in [0, 0.05) is 12.6 Å². The van der Waals surface area contributed by atoms with Gasteiger partial charge in [0.05, 0.1) is 6.07 Å². The van der Waals surface area contributed by atoms with Crippen molar-refractivity contribution >= 4 is 28.1 Å². The van der Waals surface area contributed by atoms with Gasteiger partial charge in [0.25, 0.3) is 0 Å². The van der Waals surface area contributed by atoms with Crippen LogP contribution in [0.2, 0.25) is 0 Å². The Morgan fingerprint density at radius 3 is 2.65 bits per heavy atom. The number of benzene rings is 1. The van der Waals surface area contributed by atoms with Crippen molar-refractivity contribution in [3.8, 4) is 6.07 Å². The number of aryl methyl sites for hydroxylation is 1. The molecule has 0 unspecified atom stereocenters. The van der Waals surface area contributed by atoms with Gasteiger partial charge in [-0.1, -0.05) is 29.0 Å². The predicted molar refractivity (Wildman–Crippen MR) is 76.5 cm³/mol. The first kappa shape index (κ1) is 14.0. The van der Waals surface area contributed by atoms with Gasteiger partial charge in [0.1, 0.15) is 0 Å². The average Bonchev–Trinajstić information content (AvgIpc) is 2.87. The standard InChI is InChI=1S/C13H13N5OS/c1-8-3-5-10(6-4-8)16-13-18-17-12(20-13)11(7-14)15-9(2)19/h3-6,11H,1-2H3,(H,15,19)(H,16,18)/t11-/m0/s1. The van der Waals surface area contributed by atoms with Crippen molar-refractivity contribution in [3.63, 3.8) is 0 Å². The van der Waals surface area contributed by atoms with E-state index >= 15 is 0 Å². The predicted octanol–water partition coefficient (Wildman–Crippen LogP) is 2.29. The first-order valence-corrected chi connectivity index (χ1v) is 6.74. The van der Waals surface area contributed by atoms with E-state index in [0.29, 0.717) is 10.1 Å². The molecule has 6 nitrogen and oxygen atoms in total. The van der Waals surface area contributed by atoms with E-state index in [9.17, 15) is 4.79 Å². The molecule has 2 N–H and O–H groups in total. The minimum absolute atomic E-state index is 0.278. The summed E-state index contributed by atoms with van der Waals surface area (Å²) in [5.41, 5.74) is 2.06. The highest BCUT2D eigenvalue weighted by Gasteiger charge is 2.17. The number of hydrogen-bond donors (Lipinski definition) is 2. The van der Waals surface area contributed by atoms with Crippen LogP contribution in [-0.2, 0) is 4.79 Å². The third kappa shape index (κ3) is 3.52. The third-order valence-corrected chi connectivity index (χ3v) is 3.37. The van der Waals surface area contributed by atoms with Crippen LogP contribution in [0.3, 0.4) is 0 Å². The Bertz CT molecular complexity index is 644. The molecule has 1 heterocycles. The minimum atomic E-state index is -0.765. The number of carbonyl (C=O) groups excluding carboxylic acids is 1. The highest BCUT2D eigenvalue weighted by atomic mass is 32.1. The van der Waals surface area contributed by atoms with Crippen molar-refractivity contribution in [1.29, 1.82) is 5.26 Å². The second kappa shape index (κ2) is 6.12. The van der Waals surface area contributed by atoms with E-state index in [1.54, 1.807) is 0 Å². The Kier molecular flexibility index (Phi) is 4.27. The smallest absolute Gasteiger partial charge is 0.218 e. The van der Waals surface area contributed by atoms with Crippen molar-refractivity contribution in [2.75, 3.05) is 5.32 Å². The number of nitrogens with zero attached hydrogens (tertiary/aromatic N) is 3. The van der Waals surface area contributed by atoms with Crippen molar-refractivity contribution in [3.05, 3.63) is 34.8 Å². The summed E-state index contributed by atoms with van der Waals surface area (Å²) in [5.74, 6) is -0.278. The Hall–Kier alpha value is -2.46. The average molecular weight is 287 g/mol. The molecule has 1 atom stereocenters. The number of rotatable bonds is 4. The number of carbonyl (C=O) groups is 1. The second-order valence-electron chi connectivity index (χ2n) is 4.20. The van der Waals surface area contributed by atoms with Gasteiger partial charge in [-0.2, -0.15) is 5.26 Å². The monoisotopic (exact) mass is 287 g/mol. The zero-order valence-electron chi connectivity index (χ0n) is 11.0. The molecule has 7 heteroatoms. The lowest BCUT2D eigenvalue weighted by atomic mass is 10.2. The van der Waals surface area contributed by atoms with Gasteiger partial charge in [-0.15, -0.1) is 10.2 Å². The summed E-state index contributed by atoms with van der Waals surface area (Å²) in [6.45, 7) is 3.37. The molecule has 2 rings (SSSR count). The fourth-order valence-electron chi connectivity index (χ4n) is 1.51. The summed E-state index contributed by atoms with van der Waals surface area (Å²) in [6.07, 6.45) is 0. The molecule has 1 aromatic carbocycles. The lowest BCUT2D eigenvalue weighted by molar-refractivity contribution is -0.119. The number of aromatic nitrogens is 2. The first-order chi connectivity index (χ1) is 9.58. The maximum atomic E-state index is 11.0. The summed E-state index contributed by atoms with van der Waals surface area (Å²) >= 11 is 1.24. The maximum absolute atomic E-state index is 11.0. The molecule has 1 aromatic heterocycles. The molecule has 0 fully saturated rings. The maximum Gasteiger partial charge on any atom is 0.218 e. The van der Waals surface area contributed by atoms with E-state index in [2.05, 4.69) is 20.8 Å². The molecular weight excluding hydrogens is 274 g/mol. The van der Waals surface area contributed by atoms with Crippen molar-refractivity contribution in [1.82, 2.24) is 15.5 Å². The van der Waals surface area contributed by atoms with Gasteiger partial charge in [0.2, 0.25) is 11.0 Å². The van der Waals surface area contributed by atoms with Crippen LogP contribution in [-0.4, -0.2) is 16.1 Å². The van der Waals surface area contributed by atoms with E-state index < -0.39 is 6.04 Å². The fraction of sp³-hybridized carbons (Fsp3) is 0.231. The molecular formula is C13H13N5OS. The van der Waals surface area contributed by atoms with Crippen molar-refractivity contribution < 1.29 is 4.79 Å². The molecule has 2 aromatic rings. The Labute approximate surface area is 120 Å². The number of hydrogen-bond acceptors (Lipinski definition) is 6. The first-order valence-electron chi connectivity index (χ1n) is 5.92. The van der Waals surface area contributed by atoms with Crippen LogP contribution in [0.15, 0.2) is 24.3 Å². The summed E-state index contributed by atoms with van der Waals surface area (Å²) in [6, 6.07) is 9.06. The van der Waals surface area contributed by atoms with Crippen LogP contribution >= 0.6 is 11.3 Å². The van der Waals surface area contributed by atoms with Gasteiger partial charge >= 0.3 is 0 Å². The molecule has 0 saturated heterocycles. The van der Waals surface area contributed by atoms with Crippen molar-refractivity contribution in [2.24, 2.45) is 0 Å². The van der Waals surface area contributed by atoms with Crippen LogP contribution in [0.25, 0.3) is 0 Å². The Morgan fingerprint density at radius 1 is 1.35 bits per heavy atom. The molecule has 0 aliphatic heterocycles. The molecule has 20 heavy (non-hydrogen) atoms. The molecule has 0 saturated carbocycles.